The highest BCUT2D eigenvalue weighted by molar-refractivity contribution is 5.68. The molecule has 5 nitrogen and oxygen atoms in total. The van der Waals surface area contributed by atoms with Crippen molar-refractivity contribution < 1.29 is 14.3 Å². The first-order chi connectivity index (χ1) is 9.94. The summed E-state index contributed by atoms with van der Waals surface area (Å²) >= 11 is 0. The van der Waals surface area contributed by atoms with E-state index in [2.05, 4.69) is 5.32 Å². The Bertz CT molecular complexity index is 337. The second-order valence-corrected chi connectivity index (χ2v) is 7.24. The molecule has 0 aromatic heterocycles. The number of carbonyl (C=O) groups is 1. The van der Waals surface area contributed by atoms with E-state index in [0.717, 1.165) is 51.6 Å². The van der Waals surface area contributed by atoms with Crippen molar-refractivity contribution in [3.05, 3.63) is 0 Å². The molecule has 1 saturated heterocycles. The second-order valence-electron chi connectivity index (χ2n) is 7.24. The zero-order valence-electron chi connectivity index (χ0n) is 13.7. The fourth-order valence-corrected chi connectivity index (χ4v) is 2.51. The van der Waals surface area contributed by atoms with Crippen LogP contribution in [0.1, 0.15) is 46.5 Å². The van der Waals surface area contributed by atoms with E-state index in [1.165, 1.54) is 12.8 Å². The third-order valence-corrected chi connectivity index (χ3v) is 3.80. The predicted molar refractivity (Wildman–Crippen MR) is 82.4 cm³/mol. The normalized spacial score (nSPS) is 23.2. The quantitative estimate of drug-likeness (QED) is 0.765. The average molecular weight is 298 g/mol. The zero-order valence-corrected chi connectivity index (χ0v) is 13.7. The molecule has 0 aromatic rings. The Kier molecular flexibility index (Phi) is 5.88. The number of hydrogen-bond acceptors (Lipinski definition) is 4. The molecule has 1 atom stereocenters. The van der Waals surface area contributed by atoms with Gasteiger partial charge in [0.05, 0.1) is 6.61 Å². The number of rotatable bonds is 6. The molecule has 1 unspecified atom stereocenters. The van der Waals surface area contributed by atoms with Crippen molar-refractivity contribution in [3.63, 3.8) is 0 Å². The van der Waals surface area contributed by atoms with E-state index in [1.54, 1.807) is 0 Å². The van der Waals surface area contributed by atoms with Gasteiger partial charge in [0.25, 0.3) is 0 Å². The molecule has 0 bridgehead atoms. The summed E-state index contributed by atoms with van der Waals surface area (Å²) in [4.78, 5) is 13.9. The highest BCUT2D eigenvalue weighted by Crippen LogP contribution is 2.28. The summed E-state index contributed by atoms with van der Waals surface area (Å²) in [5, 5.41) is 3.49. The third kappa shape index (κ3) is 6.66. The van der Waals surface area contributed by atoms with Gasteiger partial charge in [-0.25, -0.2) is 4.79 Å². The molecule has 0 aromatic carbocycles. The van der Waals surface area contributed by atoms with Crippen LogP contribution in [0.4, 0.5) is 4.79 Å². The molecule has 0 spiro atoms. The minimum atomic E-state index is -0.423. The summed E-state index contributed by atoms with van der Waals surface area (Å²) in [5.74, 6) is 0.822. The number of hydrogen-bond donors (Lipinski definition) is 1. The average Bonchev–Trinajstić information content (AvgIpc) is 3.21. The van der Waals surface area contributed by atoms with Gasteiger partial charge in [0.1, 0.15) is 5.60 Å². The molecule has 2 rings (SSSR count). The van der Waals surface area contributed by atoms with Gasteiger partial charge in [-0.05, 0) is 52.4 Å². The topological polar surface area (TPSA) is 50.8 Å². The number of nitrogens with zero attached hydrogens (tertiary/aromatic N) is 1. The maximum absolute atomic E-state index is 12.1. The fraction of sp³-hybridized carbons (Fsp3) is 0.938. The summed E-state index contributed by atoms with van der Waals surface area (Å²) in [6.07, 6.45) is 4.61. The lowest BCUT2D eigenvalue weighted by Crippen LogP contribution is -2.49. The highest BCUT2D eigenvalue weighted by atomic mass is 16.6. The van der Waals surface area contributed by atoms with Crippen LogP contribution >= 0.6 is 0 Å². The Balaban J connectivity index is 1.61. The first-order valence-corrected chi connectivity index (χ1v) is 8.23. The van der Waals surface area contributed by atoms with Crippen molar-refractivity contribution in [2.45, 2.75) is 58.1 Å². The van der Waals surface area contributed by atoms with Crippen LogP contribution < -0.4 is 5.32 Å². The molecule has 5 heteroatoms. The van der Waals surface area contributed by atoms with Crippen molar-refractivity contribution in [3.8, 4) is 0 Å². The van der Waals surface area contributed by atoms with Crippen LogP contribution in [0, 0.1) is 5.92 Å². The van der Waals surface area contributed by atoms with Gasteiger partial charge in [-0.2, -0.15) is 0 Å². The molecule has 2 aliphatic rings. The summed E-state index contributed by atoms with van der Waals surface area (Å²) in [5.41, 5.74) is -0.423. The standard InChI is InChI=1S/C16H30N2O3/c1-16(2,3)21-15(19)18-9-4-5-14(11-18)17-8-10-20-12-13-6-7-13/h13-14,17H,4-12H2,1-3H3. The Morgan fingerprint density at radius 3 is 2.71 bits per heavy atom. The van der Waals surface area contributed by atoms with Gasteiger partial charge < -0.3 is 19.7 Å². The van der Waals surface area contributed by atoms with Crippen LogP contribution in [0.15, 0.2) is 0 Å². The third-order valence-electron chi connectivity index (χ3n) is 3.80. The van der Waals surface area contributed by atoms with Crippen molar-refractivity contribution in [1.82, 2.24) is 10.2 Å². The molecule has 1 aliphatic heterocycles. The zero-order chi connectivity index (χ0) is 15.3. The van der Waals surface area contributed by atoms with Gasteiger partial charge in [0, 0.05) is 32.3 Å². The molecule has 1 saturated carbocycles. The van der Waals surface area contributed by atoms with E-state index in [9.17, 15) is 4.79 Å². The molecular formula is C16H30N2O3. The van der Waals surface area contributed by atoms with E-state index in [4.69, 9.17) is 9.47 Å². The van der Waals surface area contributed by atoms with E-state index in [0.29, 0.717) is 6.04 Å². The highest BCUT2D eigenvalue weighted by Gasteiger charge is 2.27. The van der Waals surface area contributed by atoms with Crippen molar-refractivity contribution >= 4 is 6.09 Å². The van der Waals surface area contributed by atoms with Crippen LogP contribution in [-0.4, -0.2) is 55.5 Å². The molecule has 21 heavy (non-hydrogen) atoms. The van der Waals surface area contributed by atoms with Crippen molar-refractivity contribution in [2.75, 3.05) is 32.8 Å². The van der Waals surface area contributed by atoms with Gasteiger partial charge in [-0.15, -0.1) is 0 Å². The Morgan fingerprint density at radius 2 is 2.05 bits per heavy atom. The minimum absolute atomic E-state index is 0.195. The molecule has 1 N–H and O–H groups in total. The van der Waals surface area contributed by atoms with Gasteiger partial charge in [-0.3, -0.25) is 0 Å². The molecule has 1 amide bonds. The lowest BCUT2D eigenvalue weighted by molar-refractivity contribution is 0.0184. The summed E-state index contributed by atoms with van der Waals surface area (Å²) in [7, 11) is 0. The number of ether oxygens (including phenoxy) is 2. The number of carbonyl (C=O) groups excluding carboxylic acids is 1. The first-order valence-electron chi connectivity index (χ1n) is 8.23. The van der Waals surface area contributed by atoms with Crippen LogP contribution in [0.25, 0.3) is 0 Å². The van der Waals surface area contributed by atoms with Crippen LogP contribution in [0.5, 0.6) is 0 Å². The molecular weight excluding hydrogens is 268 g/mol. The molecule has 0 radical (unpaired) electrons. The van der Waals surface area contributed by atoms with Crippen LogP contribution in [-0.2, 0) is 9.47 Å². The molecule has 1 heterocycles. The maximum Gasteiger partial charge on any atom is 0.410 e. The van der Waals surface area contributed by atoms with Gasteiger partial charge in [0.2, 0.25) is 0 Å². The largest absolute Gasteiger partial charge is 0.444 e. The van der Waals surface area contributed by atoms with Gasteiger partial charge in [0.15, 0.2) is 0 Å². The molecule has 2 fully saturated rings. The Morgan fingerprint density at radius 1 is 1.29 bits per heavy atom. The Hall–Kier alpha value is -0.810. The van der Waals surface area contributed by atoms with E-state index >= 15 is 0 Å². The van der Waals surface area contributed by atoms with Crippen molar-refractivity contribution in [2.24, 2.45) is 5.92 Å². The number of likely N-dealkylation sites (tertiary alicyclic amines) is 1. The number of amides is 1. The van der Waals surface area contributed by atoms with Crippen LogP contribution in [0.3, 0.4) is 0 Å². The Labute approximate surface area is 128 Å². The molecule has 122 valence electrons. The smallest absolute Gasteiger partial charge is 0.410 e. The fourth-order valence-electron chi connectivity index (χ4n) is 2.51. The van der Waals surface area contributed by atoms with E-state index < -0.39 is 5.60 Å². The summed E-state index contributed by atoms with van der Waals surface area (Å²) < 4.78 is 11.1. The van der Waals surface area contributed by atoms with Gasteiger partial charge in [-0.1, -0.05) is 0 Å². The monoisotopic (exact) mass is 298 g/mol. The lowest BCUT2D eigenvalue weighted by Gasteiger charge is -2.34. The number of piperidine rings is 1. The molecule has 1 aliphatic carbocycles. The van der Waals surface area contributed by atoms with E-state index in [-0.39, 0.29) is 6.09 Å². The van der Waals surface area contributed by atoms with Crippen LogP contribution in [0.2, 0.25) is 0 Å². The van der Waals surface area contributed by atoms with Crippen molar-refractivity contribution in [1.29, 1.82) is 0 Å². The number of nitrogens with one attached hydrogen (secondary N) is 1. The predicted octanol–water partition coefficient (Wildman–Crippen LogP) is 2.40. The second kappa shape index (κ2) is 7.45. The lowest BCUT2D eigenvalue weighted by atomic mass is 10.1. The summed E-state index contributed by atoms with van der Waals surface area (Å²) in [6.45, 7) is 9.78. The van der Waals surface area contributed by atoms with Gasteiger partial charge >= 0.3 is 6.09 Å². The first kappa shape index (κ1) is 16.6. The minimum Gasteiger partial charge on any atom is -0.444 e. The summed E-state index contributed by atoms with van der Waals surface area (Å²) in [6, 6.07) is 0.357. The SMILES string of the molecule is CC(C)(C)OC(=O)N1CCCC(NCCOCC2CC2)C1. The maximum atomic E-state index is 12.1. The van der Waals surface area contributed by atoms with E-state index in [1.807, 2.05) is 25.7 Å².